The first-order valence-electron chi connectivity index (χ1n) is 10.2. The molecular weight excluding hydrogens is 344 g/mol. The fourth-order valence-corrected chi connectivity index (χ4v) is 3.81. The van der Waals surface area contributed by atoms with E-state index in [9.17, 15) is 4.79 Å². The Kier molecular flexibility index (Phi) is 6.70. The largest absolute Gasteiger partial charge is 0.399 e. The Labute approximate surface area is 168 Å². The van der Waals surface area contributed by atoms with Crippen LogP contribution in [0.4, 0.5) is 11.4 Å². The summed E-state index contributed by atoms with van der Waals surface area (Å²) < 4.78 is 0. The topological polar surface area (TPSA) is 69.1 Å². The second-order valence-corrected chi connectivity index (χ2v) is 7.77. The molecule has 4 N–H and O–H groups in total. The van der Waals surface area contributed by atoms with Gasteiger partial charge in [0.15, 0.2) is 5.78 Å². The zero-order valence-electron chi connectivity index (χ0n) is 16.7. The van der Waals surface area contributed by atoms with Crippen molar-refractivity contribution >= 4 is 29.3 Å². The number of hydrogen-bond donors (Lipinski definition) is 2. The Bertz CT molecular complexity index is 793. The standard InChI is InChI=1S/C25H30N2O/c1-2-3-4-5-20-16-21(14-18-6-10-23(26)11-7-18)25(28)22(17-20)15-19-8-12-24(27)13-9-19/h6-15,20H,2-5,16-17,26-27H2,1H3. The molecule has 2 aromatic carbocycles. The summed E-state index contributed by atoms with van der Waals surface area (Å²) in [6.07, 6.45) is 10.6. The van der Waals surface area contributed by atoms with Gasteiger partial charge in [-0.05, 0) is 72.7 Å². The normalized spacial score (nSPS) is 20.0. The fraction of sp³-hybridized carbons (Fsp3) is 0.320. The number of carbonyl (C=O) groups excluding carboxylic acids is 1. The third-order valence-electron chi connectivity index (χ3n) is 5.37. The quantitative estimate of drug-likeness (QED) is 0.377. The number of Topliss-reactive ketones (excluding diaryl/α,β-unsaturated/α-hetero) is 1. The van der Waals surface area contributed by atoms with E-state index in [0.717, 1.165) is 46.5 Å². The van der Waals surface area contributed by atoms with Gasteiger partial charge in [-0.15, -0.1) is 0 Å². The van der Waals surface area contributed by atoms with E-state index >= 15 is 0 Å². The summed E-state index contributed by atoms with van der Waals surface area (Å²) in [6, 6.07) is 15.4. The predicted molar refractivity (Wildman–Crippen MR) is 120 cm³/mol. The molecule has 3 rings (SSSR count). The molecule has 0 spiro atoms. The molecule has 1 aliphatic carbocycles. The lowest BCUT2D eigenvalue weighted by molar-refractivity contribution is -0.113. The van der Waals surface area contributed by atoms with Crippen LogP contribution in [0.5, 0.6) is 0 Å². The Balaban J connectivity index is 1.88. The van der Waals surface area contributed by atoms with Crippen LogP contribution in [-0.2, 0) is 4.79 Å². The maximum Gasteiger partial charge on any atom is 0.185 e. The second-order valence-electron chi connectivity index (χ2n) is 7.77. The Morgan fingerprint density at radius 1 is 0.821 bits per heavy atom. The van der Waals surface area contributed by atoms with Gasteiger partial charge in [-0.1, -0.05) is 50.5 Å². The first kappa shape index (κ1) is 19.9. The average Bonchev–Trinajstić information content (AvgIpc) is 2.69. The monoisotopic (exact) mass is 374 g/mol. The van der Waals surface area contributed by atoms with E-state index in [-0.39, 0.29) is 5.78 Å². The summed E-state index contributed by atoms with van der Waals surface area (Å²) in [5.74, 6) is 0.685. The van der Waals surface area contributed by atoms with E-state index in [1.807, 2.05) is 60.7 Å². The summed E-state index contributed by atoms with van der Waals surface area (Å²) in [6.45, 7) is 2.23. The molecule has 0 bridgehead atoms. The number of benzene rings is 2. The zero-order chi connectivity index (χ0) is 19.9. The van der Waals surface area contributed by atoms with Gasteiger partial charge < -0.3 is 11.5 Å². The second kappa shape index (κ2) is 9.41. The van der Waals surface area contributed by atoms with E-state index in [2.05, 4.69) is 6.92 Å². The molecule has 2 aromatic rings. The van der Waals surface area contributed by atoms with Crippen molar-refractivity contribution < 1.29 is 4.79 Å². The van der Waals surface area contributed by atoms with Crippen LogP contribution in [0.15, 0.2) is 59.7 Å². The molecule has 146 valence electrons. The summed E-state index contributed by atoms with van der Waals surface area (Å²) in [5, 5.41) is 0. The van der Waals surface area contributed by atoms with Gasteiger partial charge in [0.25, 0.3) is 0 Å². The van der Waals surface area contributed by atoms with Crippen LogP contribution in [0, 0.1) is 5.92 Å². The van der Waals surface area contributed by atoms with Gasteiger partial charge in [0, 0.05) is 22.5 Å². The number of nitrogen functional groups attached to an aromatic ring is 2. The third kappa shape index (κ3) is 5.35. The van der Waals surface area contributed by atoms with Gasteiger partial charge in [-0.3, -0.25) is 4.79 Å². The number of anilines is 2. The number of nitrogens with two attached hydrogens (primary N) is 2. The van der Waals surface area contributed by atoms with E-state index in [0.29, 0.717) is 5.92 Å². The number of rotatable bonds is 6. The lowest BCUT2D eigenvalue weighted by atomic mass is 9.77. The highest BCUT2D eigenvalue weighted by Crippen LogP contribution is 2.35. The third-order valence-corrected chi connectivity index (χ3v) is 5.37. The number of hydrogen-bond acceptors (Lipinski definition) is 3. The minimum absolute atomic E-state index is 0.167. The maximum atomic E-state index is 13.2. The van der Waals surface area contributed by atoms with Crippen LogP contribution in [-0.4, -0.2) is 5.78 Å². The molecule has 0 unspecified atom stereocenters. The molecule has 0 saturated heterocycles. The Hall–Kier alpha value is -2.81. The Morgan fingerprint density at radius 2 is 1.29 bits per heavy atom. The number of carbonyl (C=O) groups is 1. The molecule has 0 heterocycles. The molecule has 1 aliphatic rings. The zero-order valence-corrected chi connectivity index (χ0v) is 16.7. The summed E-state index contributed by atoms with van der Waals surface area (Å²) in [7, 11) is 0. The van der Waals surface area contributed by atoms with Gasteiger partial charge in [-0.25, -0.2) is 0 Å². The smallest absolute Gasteiger partial charge is 0.185 e. The molecule has 0 amide bonds. The maximum absolute atomic E-state index is 13.2. The molecule has 1 fully saturated rings. The molecular formula is C25H30N2O. The molecule has 0 atom stereocenters. The minimum Gasteiger partial charge on any atom is -0.399 e. The number of unbranched alkanes of at least 4 members (excludes halogenated alkanes) is 2. The van der Waals surface area contributed by atoms with Crippen molar-refractivity contribution in [2.45, 2.75) is 45.4 Å². The van der Waals surface area contributed by atoms with Gasteiger partial charge in [0.1, 0.15) is 0 Å². The van der Waals surface area contributed by atoms with E-state index in [4.69, 9.17) is 11.5 Å². The van der Waals surface area contributed by atoms with Gasteiger partial charge in [0.05, 0.1) is 0 Å². The van der Waals surface area contributed by atoms with Crippen LogP contribution in [0.3, 0.4) is 0 Å². The highest BCUT2D eigenvalue weighted by atomic mass is 16.1. The molecule has 0 radical (unpaired) electrons. The lowest BCUT2D eigenvalue weighted by Gasteiger charge is -2.26. The van der Waals surface area contributed by atoms with Gasteiger partial charge >= 0.3 is 0 Å². The van der Waals surface area contributed by atoms with Gasteiger partial charge in [-0.2, -0.15) is 0 Å². The fourth-order valence-electron chi connectivity index (χ4n) is 3.81. The van der Waals surface area contributed by atoms with E-state index < -0.39 is 0 Å². The predicted octanol–water partition coefficient (Wildman–Crippen LogP) is 5.88. The van der Waals surface area contributed by atoms with Crippen molar-refractivity contribution in [3.8, 4) is 0 Å². The molecule has 3 nitrogen and oxygen atoms in total. The van der Waals surface area contributed by atoms with Crippen molar-refractivity contribution in [2.75, 3.05) is 11.5 Å². The van der Waals surface area contributed by atoms with Crippen molar-refractivity contribution in [3.63, 3.8) is 0 Å². The minimum atomic E-state index is 0.167. The molecule has 28 heavy (non-hydrogen) atoms. The molecule has 1 saturated carbocycles. The summed E-state index contributed by atoms with van der Waals surface area (Å²) in [4.78, 5) is 13.2. The lowest BCUT2D eigenvalue weighted by Crippen LogP contribution is -2.20. The van der Waals surface area contributed by atoms with Crippen molar-refractivity contribution in [1.29, 1.82) is 0 Å². The van der Waals surface area contributed by atoms with Crippen molar-refractivity contribution in [2.24, 2.45) is 5.92 Å². The average molecular weight is 375 g/mol. The first-order chi connectivity index (χ1) is 13.5. The van der Waals surface area contributed by atoms with Crippen LogP contribution in [0.1, 0.15) is 56.6 Å². The molecule has 0 aliphatic heterocycles. The van der Waals surface area contributed by atoms with Crippen LogP contribution < -0.4 is 11.5 Å². The van der Waals surface area contributed by atoms with Crippen LogP contribution >= 0.6 is 0 Å². The van der Waals surface area contributed by atoms with Crippen LogP contribution in [0.2, 0.25) is 0 Å². The number of allylic oxidation sites excluding steroid dienone is 2. The summed E-state index contributed by atoms with van der Waals surface area (Å²) >= 11 is 0. The molecule has 3 heteroatoms. The highest BCUT2D eigenvalue weighted by Gasteiger charge is 2.27. The van der Waals surface area contributed by atoms with Gasteiger partial charge in [0.2, 0.25) is 0 Å². The van der Waals surface area contributed by atoms with E-state index in [1.165, 1.54) is 25.7 Å². The van der Waals surface area contributed by atoms with Crippen molar-refractivity contribution in [1.82, 2.24) is 0 Å². The van der Waals surface area contributed by atoms with Crippen molar-refractivity contribution in [3.05, 3.63) is 70.8 Å². The highest BCUT2D eigenvalue weighted by molar-refractivity contribution is 6.14. The first-order valence-corrected chi connectivity index (χ1v) is 10.2. The SMILES string of the molecule is CCCCCC1CC(=Cc2ccc(N)cc2)C(=O)C(=Cc2ccc(N)cc2)C1. The molecule has 0 aromatic heterocycles. The van der Waals surface area contributed by atoms with E-state index in [1.54, 1.807) is 0 Å². The summed E-state index contributed by atoms with van der Waals surface area (Å²) in [5.41, 5.74) is 16.9. The number of ketones is 1. The van der Waals surface area contributed by atoms with Crippen LogP contribution in [0.25, 0.3) is 12.2 Å². The Morgan fingerprint density at radius 3 is 1.71 bits per heavy atom.